The minimum Gasteiger partial charge on any atom is -0.309 e. The van der Waals surface area contributed by atoms with Crippen LogP contribution in [-0.2, 0) is 14.6 Å². The summed E-state index contributed by atoms with van der Waals surface area (Å²) < 4.78 is 27.1. The number of hydrogen-bond donors (Lipinski definition) is 0. The van der Waals surface area contributed by atoms with Gasteiger partial charge in [0.25, 0.3) is 0 Å². The van der Waals surface area contributed by atoms with Crippen LogP contribution >= 0.6 is 38.9 Å². The van der Waals surface area contributed by atoms with E-state index in [-0.39, 0.29) is 29.4 Å². The van der Waals surface area contributed by atoms with Crippen LogP contribution in [0.3, 0.4) is 0 Å². The molecule has 2 aromatic carbocycles. The largest absolute Gasteiger partial charge is 0.309 e. The Balaban J connectivity index is 1.70. The third-order valence-corrected chi connectivity index (χ3v) is 8.44. The van der Waals surface area contributed by atoms with Crippen molar-refractivity contribution in [2.45, 2.75) is 24.2 Å². The number of aromatic nitrogens is 1. The predicted octanol–water partition coefficient (Wildman–Crippen LogP) is 5.25. The van der Waals surface area contributed by atoms with Crippen molar-refractivity contribution in [3.63, 3.8) is 0 Å². The van der Waals surface area contributed by atoms with Crippen molar-refractivity contribution < 1.29 is 13.2 Å². The number of anilines is 1. The first kappa shape index (κ1) is 25.1. The maximum atomic E-state index is 13.1. The summed E-state index contributed by atoms with van der Waals surface area (Å²) in [7, 11) is 0.507. The van der Waals surface area contributed by atoms with E-state index in [2.05, 4.69) is 25.8 Å². The van der Waals surface area contributed by atoms with E-state index < -0.39 is 9.84 Å². The third kappa shape index (κ3) is 6.74. The van der Waals surface area contributed by atoms with Crippen molar-refractivity contribution in [1.29, 1.82) is 0 Å². The van der Waals surface area contributed by atoms with Crippen LogP contribution < -0.4 is 4.90 Å². The fourth-order valence-corrected chi connectivity index (χ4v) is 6.18. The van der Waals surface area contributed by atoms with Crippen LogP contribution in [-0.4, -0.2) is 57.1 Å². The van der Waals surface area contributed by atoms with Crippen molar-refractivity contribution in [2.24, 2.45) is 0 Å². The van der Waals surface area contributed by atoms with Gasteiger partial charge in [-0.25, -0.2) is 13.4 Å². The lowest BCUT2D eigenvalue weighted by molar-refractivity contribution is -0.118. The second-order valence-electron chi connectivity index (χ2n) is 7.69. The first-order chi connectivity index (χ1) is 15.2. The molecular weight excluding hydrogens is 534 g/mol. The summed E-state index contributed by atoms with van der Waals surface area (Å²) in [6.07, 6.45) is 1.17. The average molecular weight is 559 g/mol. The number of nitrogens with zero attached hydrogens (tertiary/aromatic N) is 3. The Bertz CT molecular complexity index is 1180. The van der Waals surface area contributed by atoms with Crippen molar-refractivity contribution in [3.8, 4) is 0 Å². The van der Waals surface area contributed by atoms with Gasteiger partial charge in [0.05, 0.1) is 20.9 Å². The number of carbonyl (C=O) groups is 1. The van der Waals surface area contributed by atoms with E-state index in [0.717, 1.165) is 27.7 Å². The van der Waals surface area contributed by atoms with Crippen LogP contribution in [0, 0.1) is 0 Å². The molecule has 1 aromatic heterocycles. The molecule has 0 aliphatic rings. The lowest BCUT2D eigenvalue weighted by atomic mass is 10.3. The zero-order valence-corrected chi connectivity index (χ0v) is 21.9. The van der Waals surface area contributed by atoms with Crippen molar-refractivity contribution in [1.82, 2.24) is 9.88 Å². The molecule has 0 saturated carbocycles. The van der Waals surface area contributed by atoms with Gasteiger partial charge < -0.3 is 4.90 Å². The maximum Gasteiger partial charge on any atom is 0.228 e. The molecule has 172 valence electrons. The summed E-state index contributed by atoms with van der Waals surface area (Å²) in [5.41, 5.74) is 0.837. The zero-order chi connectivity index (χ0) is 23.3. The molecule has 0 radical (unpaired) electrons. The highest BCUT2D eigenvalue weighted by molar-refractivity contribution is 9.10. The molecule has 0 spiro atoms. The number of benzene rings is 2. The number of carbonyl (C=O) groups excluding carboxylic acids is 1. The number of hydrogen-bond acceptors (Lipinski definition) is 6. The Morgan fingerprint density at radius 2 is 1.81 bits per heavy atom. The van der Waals surface area contributed by atoms with Crippen molar-refractivity contribution in [3.05, 3.63) is 52.0 Å². The molecule has 0 saturated heterocycles. The summed E-state index contributed by atoms with van der Waals surface area (Å²) in [5.74, 6) is -0.216. The Labute approximate surface area is 206 Å². The molecule has 3 rings (SSSR count). The Kier molecular flexibility index (Phi) is 8.68. The second kappa shape index (κ2) is 11.1. The molecule has 1 heterocycles. The molecule has 10 heteroatoms. The van der Waals surface area contributed by atoms with Gasteiger partial charge in [0.15, 0.2) is 15.0 Å². The van der Waals surface area contributed by atoms with Crippen molar-refractivity contribution in [2.75, 3.05) is 37.8 Å². The molecule has 0 atom stereocenters. The standard InChI is InChI=1S/C22H25BrClN3O3S2/c1-26(2)12-4-13-27(22-25-19-11-6-16(23)15-20(19)31-22)21(28)5-3-14-32(29,30)18-9-7-17(24)8-10-18/h6-11,15H,3-5,12-14H2,1-2H3. The van der Waals surface area contributed by atoms with Gasteiger partial charge in [0.1, 0.15) is 0 Å². The van der Waals surface area contributed by atoms with Gasteiger partial charge in [-0.15, -0.1) is 0 Å². The topological polar surface area (TPSA) is 70.6 Å². The van der Waals surface area contributed by atoms with Gasteiger partial charge in [-0.3, -0.25) is 9.69 Å². The lowest BCUT2D eigenvalue weighted by Crippen LogP contribution is -2.33. The third-order valence-electron chi connectivity index (χ3n) is 4.83. The second-order valence-corrected chi connectivity index (χ2v) is 12.2. The van der Waals surface area contributed by atoms with Gasteiger partial charge in [-0.1, -0.05) is 38.9 Å². The molecule has 0 aliphatic heterocycles. The minimum atomic E-state index is -3.47. The molecule has 3 aromatic rings. The van der Waals surface area contributed by atoms with Gasteiger partial charge in [-0.05, 0) is 75.9 Å². The van der Waals surface area contributed by atoms with E-state index >= 15 is 0 Å². The minimum absolute atomic E-state index is 0.0985. The molecule has 0 N–H and O–H groups in total. The van der Waals surface area contributed by atoms with Gasteiger partial charge >= 0.3 is 0 Å². The zero-order valence-electron chi connectivity index (χ0n) is 17.9. The fourth-order valence-electron chi connectivity index (χ4n) is 3.18. The summed E-state index contributed by atoms with van der Waals surface area (Å²) in [5, 5.41) is 1.12. The van der Waals surface area contributed by atoms with Crippen LogP contribution in [0.1, 0.15) is 19.3 Å². The summed E-state index contributed by atoms with van der Waals surface area (Å²) >= 11 is 10.8. The van der Waals surface area contributed by atoms with Crippen LogP contribution in [0.25, 0.3) is 10.2 Å². The Morgan fingerprint density at radius 3 is 2.50 bits per heavy atom. The van der Waals surface area contributed by atoms with E-state index in [1.54, 1.807) is 17.0 Å². The highest BCUT2D eigenvalue weighted by Crippen LogP contribution is 2.31. The van der Waals surface area contributed by atoms with Gasteiger partial charge in [0.2, 0.25) is 5.91 Å². The number of rotatable bonds is 10. The quantitative estimate of drug-likeness (QED) is 0.340. The molecule has 6 nitrogen and oxygen atoms in total. The summed E-state index contributed by atoms with van der Waals surface area (Å²) in [4.78, 5) is 21.7. The van der Waals surface area contributed by atoms with Crippen LogP contribution in [0.15, 0.2) is 51.8 Å². The molecule has 0 fully saturated rings. The van der Waals surface area contributed by atoms with Crippen LogP contribution in [0.4, 0.5) is 5.13 Å². The molecule has 0 aliphatic carbocycles. The molecule has 1 amide bonds. The first-order valence-corrected chi connectivity index (χ1v) is 13.8. The van der Waals surface area contributed by atoms with E-state index in [4.69, 9.17) is 11.6 Å². The van der Waals surface area contributed by atoms with Gasteiger partial charge in [-0.2, -0.15) is 0 Å². The van der Waals surface area contributed by atoms with Gasteiger partial charge in [0, 0.05) is 22.5 Å². The number of fused-ring (bicyclic) bond motifs is 1. The molecule has 0 unspecified atom stereocenters. The first-order valence-electron chi connectivity index (χ1n) is 10.2. The predicted molar refractivity (Wildman–Crippen MR) is 136 cm³/mol. The lowest BCUT2D eigenvalue weighted by Gasteiger charge is -2.21. The molecule has 0 bridgehead atoms. The SMILES string of the molecule is CN(C)CCCN(C(=O)CCCS(=O)(=O)c1ccc(Cl)cc1)c1nc2ccc(Br)cc2s1. The highest BCUT2D eigenvalue weighted by Gasteiger charge is 2.21. The maximum absolute atomic E-state index is 13.1. The average Bonchev–Trinajstić information content (AvgIpc) is 3.13. The normalized spacial score (nSPS) is 11.9. The van der Waals surface area contributed by atoms with Crippen molar-refractivity contribution >= 4 is 70.0 Å². The Hall–Kier alpha value is -1.52. The van der Waals surface area contributed by atoms with E-state index in [1.165, 1.54) is 23.5 Å². The summed E-state index contributed by atoms with van der Waals surface area (Å²) in [6, 6.07) is 11.9. The van der Waals surface area contributed by atoms with E-state index in [0.29, 0.717) is 16.7 Å². The van der Waals surface area contributed by atoms with Crippen LogP contribution in [0.2, 0.25) is 5.02 Å². The van der Waals surface area contributed by atoms with E-state index in [9.17, 15) is 13.2 Å². The van der Waals surface area contributed by atoms with E-state index in [1.807, 2.05) is 32.3 Å². The number of amides is 1. The smallest absolute Gasteiger partial charge is 0.228 e. The summed E-state index contributed by atoms with van der Waals surface area (Å²) in [6.45, 7) is 1.37. The number of thiazole rings is 1. The molecular formula is C22H25BrClN3O3S2. The monoisotopic (exact) mass is 557 g/mol. The van der Waals surface area contributed by atoms with Crippen LogP contribution in [0.5, 0.6) is 0 Å². The molecule has 32 heavy (non-hydrogen) atoms. The Morgan fingerprint density at radius 1 is 1.09 bits per heavy atom. The number of halogens is 2. The fraction of sp³-hybridized carbons (Fsp3) is 0.364. The number of sulfone groups is 1. The highest BCUT2D eigenvalue weighted by atomic mass is 79.9.